The van der Waals surface area contributed by atoms with E-state index in [0.717, 1.165) is 5.17 Å². The molecule has 0 radical (unpaired) electrons. The number of hydrogen-bond donors (Lipinski definition) is 1. The molecule has 0 N–H and O–H groups in total. The van der Waals surface area contributed by atoms with Crippen LogP contribution in [0, 0.1) is 0 Å². The van der Waals surface area contributed by atoms with Crippen LogP contribution in [0.1, 0.15) is 5.56 Å². The zero-order valence-corrected chi connectivity index (χ0v) is 14.4. The van der Waals surface area contributed by atoms with Crippen LogP contribution in [0.4, 0.5) is 0 Å². The number of oxime groups is 1. The predicted molar refractivity (Wildman–Crippen MR) is 88.0 cm³/mol. The Hall–Kier alpha value is -2.07. The van der Waals surface area contributed by atoms with E-state index in [9.17, 15) is 9.59 Å². The van der Waals surface area contributed by atoms with Crippen LogP contribution in [0.3, 0.4) is 0 Å². The molecule has 10 heteroatoms. The third-order valence-electron chi connectivity index (χ3n) is 2.55. The molecule has 1 aromatic rings. The second-order valence-corrected chi connectivity index (χ2v) is 5.08. The molecule has 23 heavy (non-hydrogen) atoms. The van der Waals surface area contributed by atoms with Crippen molar-refractivity contribution in [2.75, 3.05) is 12.4 Å². The molecule has 0 saturated carbocycles. The number of thiol groups is 1. The van der Waals surface area contributed by atoms with Crippen molar-refractivity contribution in [1.29, 1.82) is 0 Å². The minimum atomic E-state index is -1.03. The van der Waals surface area contributed by atoms with Gasteiger partial charge in [-0.3, -0.25) is 4.79 Å². The van der Waals surface area contributed by atoms with Gasteiger partial charge in [-0.1, -0.05) is 49.6 Å². The molecule has 8 nitrogen and oxygen atoms in total. The summed E-state index contributed by atoms with van der Waals surface area (Å²) in [5.74, 6) is -1.40. The van der Waals surface area contributed by atoms with Crippen molar-refractivity contribution in [1.82, 2.24) is 5.17 Å². The van der Waals surface area contributed by atoms with Crippen LogP contribution < -0.4 is 0 Å². The van der Waals surface area contributed by atoms with Crippen LogP contribution in [0.25, 0.3) is 0 Å². The van der Waals surface area contributed by atoms with Gasteiger partial charge in [0, 0.05) is 5.56 Å². The van der Waals surface area contributed by atoms with Crippen LogP contribution in [0.5, 0.6) is 0 Å². The smallest absolute Gasteiger partial charge is 0.390 e. The van der Waals surface area contributed by atoms with Gasteiger partial charge >= 0.3 is 5.97 Å². The molecule has 1 aromatic carbocycles. The number of ketones is 1. The minimum absolute atomic E-state index is 0.108. The molecule has 0 aromatic heterocycles. The molecule has 0 saturated heterocycles. The van der Waals surface area contributed by atoms with Gasteiger partial charge in [-0.25, -0.2) is 4.79 Å². The van der Waals surface area contributed by atoms with Crippen molar-refractivity contribution >= 4 is 51.9 Å². The molecule has 1 aliphatic rings. The Morgan fingerprint density at radius 1 is 1.43 bits per heavy atom. The Morgan fingerprint density at radius 3 is 2.74 bits per heavy atom. The van der Waals surface area contributed by atoms with Crippen LogP contribution in [0.2, 0.25) is 0 Å². The second kappa shape index (κ2) is 7.97. The average Bonchev–Trinajstić information content (AvgIpc) is 2.93. The normalized spacial score (nSPS) is 17.3. The van der Waals surface area contributed by atoms with Gasteiger partial charge in [-0.15, -0.1) is 12.6 Å². The maximum absolute atomic E-state index is 12.0. The number of rotatable bonds is 6. The molecule has 0 spiro atoms. The summed E-state index contributed by atoms with van der Waals surface area (Å²) in [4.78, 5) is 33.1. The van der Waals surface area contributed by atoms with E-state index < -0.39 is 23.0 Å². The van der Waals surface area contributed by atoms with Crippen LogP contribution in [-0.4, -0.2) is 46.5 Å². The van der Waals surface area contributed by atoms with Gasteiger partial charge in [0.25, 0.3) is 5.56 Å². The van der Waals surface area contributed by atoms with E-state index >= 15 is 0 Å². The number of Topliss-reactive ketones (excluding diaryl/α,β-unsaturated/α-hetero) is 1. The first kappa shape index (κ1) is 17.3. The average molecular weight is 402 g/mol. The highest BCUT2D eigenvalue weighted by molar-refractivity contribution is 9.09. The molecule has 0 aliphatic carbocycles. The van der Waals surface area contributed by atoms with E-state index in [2.05, 4.69) is 43.7 Å². The molecule has 1 heterocycles. The number of nitrogens with zero attached hydrogens (tertiary/aromatic N) is 3. The summed E-state index contributed by atoms with van der Waals surface area (Å²) in [6.45, 7) is 0. The fourth-order valence-electron chi connectivity index (χ4n) is 1.56. The highest BCUT2D eigenvalue weighted by Crippen LogP contribution is 2.20. The Balaban J connectivity index is 2.13. The molecule has 0 fully saturated rings. The maximum atomic E-state index is 12.0. The molecule has 1 unspecified atom stereocenters. The minimum Gasteiger partial charge on any atom is -0.438 e. The van der Waals surface area contributed by atoms with E-state index in [1.165, 1.54) is 7.11 Å². The second-order valence-electron chi connectivity index (χ2n) is 4.08. The predicted octanol–water partition coefficient (Wildman–Crippen LogP) is 1.32. The third-order valence-corrected chi connectivity index (χ3v) is 3.37. The number of hydroxylamine groups is 1. The zero-order valence-electron chi connectivity index (χ0n) is 11.9. The van der Waals surface area contributed by atoms with Gasteiger partial charge in [-0.05, 0) is 12.1 Å². The summed E-state index contributed by atoms with van der Waals surface area (Å²) < 4.78 is 5.38. The van der Waals surface area contributed by atoms with Crippen LogP contribution >= 0.6 is 28.6 Å². The first-order valence-electron chi connectivity index (χ1n) is 6.27. The van der Waals surface area contributed by atoms with Gasteiger partial charge < -0.3 is 14.4 Å². The number of halogens is 1. The quantitative estimate of drug-likeness (QED) is 0.254. The summed E-state index contributed by atoms with van der Waals surface area (Å²) in [6, 6.07) is 9.00. The SMILES string of the molecule is CON=C(C(=O)CBr)C(=O)ON1N=C(c2ccccc2)OC1S. The lowest BCUT2D eigenvalue weighted by atomic mass is 10.2. The van der Waals surface area contributed by atoms with Gasteiger partial charge in [0.2, 0.25) is 17.4 Å². The summed E-state index contributed by atoms with van der Waals surface area (Å²) in [7, 11) is 1.21. The largest absolute Gasteiger partial charge is 0.438 e. The Morgan fingerprint density at radius 2 is 2.13 bits per heavy atom. The molecular weight excluding hydrogens is 390 g/mol. The molecule has 122 valence electrons. The van der Waals surface area contributed by atoms with Gasteiger partial charge in [0.05, 0.1) is 5.33 Å². The highest BCUT2D eigenvalue weighted by Gasteiger charge is 2.32. The standard InChI is InChI=1S/C13H12BrN3O5S/c1-20-16-10(9(18)7-14)12(19)22-17-13(23)21-11(15-17)8-5-3-2-4-6-8/h2-6,13,23H,7H2,1H3. The Kier molecular flexibility index (Phi) is 5.99. The number of benzene rings is 1. The summed E-state index contributed by atoms with van der Waals surface area (Å²) in [5, 5.41) is 8.08. The van der Waals surface area contributed by atoms with Crippen molar-refractivity contribution in [2.24, 2.45) is 10.3 Å². The molecule has 1 aliphatic heterocycles. The molecule has 0 amide bonds. The number of alkyl halides is 1. The molecule has 1 atom stereocenters. The lowest BCUT2D eigenvalue weighted by molar-refractivity contribution is -0.194. The number of ether oxygens (including phenoxy) is 1. The van der Waals surface area contributed by atoms with Crippen molar-refractivity contribution in [2.45, 2.75) is 5.56 Å². The van der Waals surface area contributed by atoms with Crippen molar-refractivity contribution in [3.63, 3.8) is 0 Å². The van der Waals surface area contributed by atoms with Crippen LogP contribution in [-0.2, 0) is 24.0 Å². The van der Waals surface area contributed by atoms with E-state index in [4.69, 9.17) is 9.57 Å². The van der Waals surface area contributed by atoms with E-state index in [1.54, 1.807) is 24.3 Å². The van der Waals surface area contributed by atoms with E-state index in [1.807, 2.05) is 6.07 Å². The maximum Gasteiger partial charge on any atom is 0.390 e. The van der Waals surface area contributed by atoms with E-state index in [-0.39, 0.29) is 11.2 Å². The zero-order chi connectivity index (χ0) is 16.8. The first-order valence-corrected chi connectivity index (χ1v) is 7.91. The fraction of sp³-hybridized carbons (Fsp3) is 0.231. The number of hydrogen-bond acceptors (Lipinski definition) is 9. The molecule has 2 rings (SSSR count). The van der Waals surface area contributed by atoms with Gasteiger partial charge in [0.1, 0.15) is 7.11 Å². The molecular formula is C13H12BrN3O5S. The van der Waals surface area contributed by atoms with Crippen molar-refractivity contribution in [3.8, 4) is 0 Å². The number of carbonyl (C=O) groups is 2. The van der Waals surface area contributed by atoms with Crippen LogP contribution in [0.15, 0.2) is 40.6 Å². The fourth-order valence-corrected chi connectivity index (χ4v) is 2.03. The first-order chi connectivity index (χ1) is 11.1. The summed E-state index contributed by atoms with van der Waals surface area (Å²) in [5.41, 5.74) is -0.766. The topological polar surface area (TPSA) is 89.8 Å². The lowest BCUT2D eigenvalue weighted by Crippen LogP contribution is -2.34. The lowest BCUT2D eigenvalue weighted by Gasteiger charge is -2.15. The number of hydrazone groups is 1. The van der Waals surface area contributed by atoms with Gasteiger partial charge in [0.15, 0.2) is 0 Å². The number of carbonyl (C=O) groups excluding carboxylic acids is 2. The summed E-state index contributed by atoms with van der Waals surface area (Å²) in [6.07, 6.45) is 0. The highest BCUT2D eigenvalue weighted by atomic mass is 79.9. The van der Waals surface area contributed by atoms with E-state index in [0.29, 0.717) is 5.56 Å². The van der Waals surface area contributed by atoms with Crippen molar-refractivity contribution < 1.29 is 24.0 Å². The van der Waals surface area contributed by atoms with Gasteiger partial charge in [-0.2, -0.15) is 0 Å². The van der Waals surface area contributed by atoms with Crippen molar-refractivity contribution in [3.05, 3.63) is 35.9 Å². The summed E-state index contributed by atoms with van der Waals surface area (Å²) >= 11 is 7.06. The Bertz CT molecular complexity index is 652. The Labute approximate surface area is 145 Å². The third kappa shape index (κ3) is 4.23. The monoisotopic (exact) mass is 401 g/mol. The molecule has 0 bridgehead atoms.